The van der Waals surface area contributed by atoms with Crippen molar-refractivity contribution in [1.82, 2.24) is 4.98 Å². The highest BCUT2D eigenvalue weighted by molar-refractivity contribution is 8.13. The van der Waals surface area contributed by atoms with Crippen LogP contribution >= 0.6 is 10.7 Å². The third kappa shape index (κ3) is 3.84. The van der Waals surface area contributed by atoms with Crippen LogP contribution < -0.4 is 9.47 Å². The predicted octanol–water partition coefficient (Wildman–Crippen LogP) is 2.30. The summed E-state index contributed by atoms with van der Waals surface area (Å²) in [4.78, 5) is 3.76. The summed E-state index contributed by atoms with van der Waals surface area (Å²) < 4.78 is 32.9. The van der Waals surface area contributed by atoms with Gasteiger partial charge in [-0.05, 0) is 23.8 Å². The first kappa shape index (κ1) is 15.6. The molecule has 0 fully saturated rings. The summed E-state index contributed by atoms with van der Waals surface area (Å²) in [7, 11) is 2.86. The summed E-state index contributed by atoms with van der Waals surface area (Å²) in [5.41, 5.74) is 0.677. The van der Waals surface area contributed by atoms with Gasteiger partial charge >= 0.3 is 0 Å². The van der Waals surface area contributed by atoms with E-state index >= 15 is 0 Å². The number of halogens is 1. The molecule has 1 aromatic heterocycles. The predicted molar refractivity (Wildman–Crippen MR) is 76.3 cm³/mol. The van der Waals surface area contributed by atoms with Crippen LogP contribution in [0.25, 0.3) is 0 Å². The summed E-state index contributed by atoms with van der Waals surface area (Å²) in [5.74, 6) is 1.01. The van der Waals surface area contributed by atoms with E-state index < -0.39 is 9.05 Å². The molecule has 0 atom stereocenters. The minimum atomic E-state index is -3.81. The van der Waals surface area contributed by atoms with E-state index in [2.05, 4.69) is 4.98 Å². The third-order valence-electron chi connectivity index (χ3n) is 2.62. The molecular formula is C13H12ClNO5S. The van der Waals surface area contributed by atoms with Crippen molar-refractivity contribution < 1.29 is 23.0 Å². The Morgan fingerprint density at radius 2 is 2.00 bits per heavy atom. The fourth-order valence-corrected chi connectivity index (χ4v) is 2.26. The highest BCUT2D eigenvalue weighted by Gasteiger charge is 2.12. The van der Waals surface area contributed by atoms with Gasteiger partial charge in [0.1, 0.15) is 4.90 Å². The van der Waals surface area contributed by atoms with E-state index in [4.69, 9.17) is 25.3 Å². The highest BCUT2D eigenvalue weighted by Crippen LogP contribution is 2.31. The van der Waals surface area contributed by atoms with Gasteiger partial charge in [0.2, 0.25) is 5.88 Å². The molecule has 1 heterocycles. The lowest BCUT2D eigenvalue weighted by Gasteiger charge is -2.10. The number of benzene rings is 1. The Labute approximate surface area is 126 Å². The molecule has 6 nitrogen and oxygen atoms in total. The van der Waals surface area contributed by atoms with Crippen molar-refractivity contribution in [2.24, 2.45) is 0 Å². The number of rotatable bonds is 5. The molecule has 21 heavy (non-hydrogen) atoms. The van der Waals surface area contributed by atoms with Crippen LogP contribution in [-0.4, -0.2) is 25.6 Å². The maximum absolute atomic E-state index is 11.1. The zero-order valence-electron chi connectivity index (χ0n) is 11.0. The standard InChI is InChI=1S/C13H12ClNO5S/c1-19-12-6-9(8-16)2-4-11(12)20-13-5-3-10(7-15-13)21(14,17)18/h2-7,16H,8H2,1H3. The summed E-state index contributed by atoms with van der Waals surface area (Å²) >= 11 is 0. The number of hydrogen-bond acceptors (Lipinski definition) is 6. The number of aliphatic hydroxyl groups is 1. The first-order valence-electron chi connectivity index (χ1n) is 5.80. The lowest BCUT2D eigenvalue weighted by atomic mass is 10.2. The van der Waals surface area contributed by atoms with Gasteiger partial charge in [0, 0.05) is 16.7 Å². The SMILES string of the molecule is COc1cc(CO)ccc1Oc1ccc(S(=O)(=O)Cl)cn1. The largest absolute Gasteiger partial charge is 0.493 e. The molecule has 0 saturated carbocycles. The summed E-state index contributed by atoms with van der Waals surface area (Å²) in [6.07, 6.45) is 1.10. The Kier molecular flexibility index (Phi) is 4.66. The molecule has 112 valence electrons. The van der Waals surface area contributed by atoms with Crippen LogP contribution in [0, 0.1) is 0 Å². The van der Waals surface area contributed by atoms with Crippen molar-refractivity contribution in [3.63, 3.8) is 0 Å². The zero-order chi connectivity index (χ0) is 15.5. The van der Waals surface area contributed by atoms with Crippen LogP contribution in [-0.2, 0) is 15.7 Å². The Morgan fingerprint density at radius 1 is 1.24 bits per heavy atom. The number of nitrogens with zero attached hydrogens (tertiary/aromatic N) is 1. The van der Waals surface area contributed by atoms with E-state index in [0.717, 1.165) is 6.20 Å². The van der Waals surface area contributed by atoms with Crippen LogP contribution in [0.15, 0.2) is 41.4 Å². The first-order chi connectivity index (χ1) is 9.94. The van der Waals surface area contributed by atoms with E-state index in [0.29, 0.717) is 17.1 Å². The van der Waals surface area contributed by atoms with Gasteiger partial charge < -0.3 is 14.6 Å². The number of aliphatic hydroxyl groups excluding tert-OH is 1. The van der Waals surface area contributed by atoms with Gasteiger partial charge in [-0.2, -0.15) is 0 Å². The maximum atomic E-state index is 11.1. The quantitative estimate of drug-likeness (QED) is 0.847. The molecule has 1 N–H and O–H groups in total. The van der Waals surface area contributed by atoms with E-state index in [1.165, 1.54) is 19.2 Å². The Hall–Kier alpha value is -1.83. The Bertz CT molecular complexity index is 731. The van der Waals surface area contributed by atoms with Crippen molar-refractivity contribution in [2.45, 2.75) is 11.5 Å². The molecule has 1 aromatic carbocycles. The van der Waals surface area contributed by atoms with Crippen LogP contribution in [0.4, 0.5) is 0 Å². The monoisotopic (exact) mass is 329 g/mol. The third-order valence-corrected chi connectivity index (χ3v) is 3.95. The smallest absolute Gasteiger partial charge is 0.262 e. The van der Waals surface area contributed by atoms with Gasteiger partial charge in [0.05, 0.1) is 19.9 Å². The van der Waals surface area contributed by atoms with Crippen LogP contribution in [0.1, 0.15) is 5.56 Å². The lowest BCUT2D eigenvalue weighted by Crippen LogP contribution is -1.96. The van der Waals surface area contributed by atoms with Crippen molar-refractivity contribution in [2.75, 3.05) is 7.11 Å². The van der Waals surface area contributed by atoms with Gasteiger partial charge in [0.15, 0.2) is 11.5 Å². The van der Waals surface area contributed by atoms with E-state index in [-0.39, 0.29) is 17.4 Å². The highest BCUT2D eigenvalue weighted by atomic mass is 35.7. The normalized spacial score (nSPS) is 11.2. The number of pyridine rings is 1. The number of methoxy groups -OCH3 is 1. The number of hydrogen-bond donors (Lipinski definition) is 1. The molecule has 0 radical (unpaired) electrons. The second-order valence-electron chi connectivity index (χ2n) is 4.02. The maximum Gasteiger partial charge on any atom is 0.262 e. The fourth-order valence-electron chi connectivity index (χ4n) is 1.58. The Balaban J connectivity index is 2.26. The van der Waals surface area contributed by atoms with Gasteiger partial charge in [-0.1, -0.05) is 6.07 Å². The molecule has 0 aliphatic carbocycles. The van der Waals surface area contributed by atoms with Gasteiger partial charge in [0.25, 0.3) is 9.05 Å². The Morgan fingerprint density at radius 3 is 2.52 bits per heavy atom. The fraction of sp³-hybridized carbons (Fsp3) is 0.154. The second kappa shape index (κ2) is 6.30. The summed E-state index contributed by atoms with van der Waals surface area (Å²) in [6.45, 7) is -0.114. The molecule has 0 aliphatic rings. The molecular weight excluding hydrogens is 318 g/mol. The number of aromatic nitrogens is 1. The van der Waals surface area contributed by atoms with E-state index in [9.17, 15) is 8.42 Å². The molecule has 0 aliphatic heterocycles. The minimum absolute atomic E-state index is 0.112. The van der Waals surface area contributed by atoms with Crippen LogP contribution in [0.5, 0.6) is 17.4 Å². The molecule has 2 aromatic rings. The van der Waals surface area contributed by atoms with Crippen molar-refractivity contribution in [3.8, 4) is 17.4 Å². The topological polar surface area (TPSA) is 85.7 Å². The number of ether oxygens (including phenoxy) is 2. The summed E-state index contributed by atoms with van der Waals surface area (Å²) in [5, 5.41) is 9.07. The first-order valence-corrected chi connectivity index (χ1v) is 8.11. The lowest BCUT2D eigenvalue weighted by molar-refractivity contribution is 0.280. The van der Waals surface area contributed by atoms with Crippen molar-refractivity contribution in [3.05, 3.63) is 42.1 Å². The van der Waals surface area contributed by atoms with E-state index in [1.54, 1.807) is 18.2 Å². The molecule has 8 heteroatoms. The minimum Gasteiger partial charge on any atom is -0.493 e. The average molecular weight is 330 g/mol. The second-order valence-corrected chi connectivity index (χ2v) is 6.58. The molecule has 0 unspecified atom stereocenters. The molecule has 0 amide bonds. The van der Waals surface area contributed by atoms with Gasteiger partial charge in [-0.3, -0.25) is 0 Å². The van der Waals surface area contributed by atoms with Crippen molar-refractivity contribution in [1.29, 1.82) is 0 Å². The molecule has 2 rings (SSSR count). The molecule has 0 saturated heterocycles. The van der Waals surface area contributed by atoms with Crippen LogP contribution in [0.2, 0.25) is 0 Å². The van der Waals surface area contributed by atoms with Gasteiger partial charge in [-0.25, -0.2) is 13.4 Å². The van der Waals surface area contributed by atoms with Crippen molar-refractivity contribution >= 4 is 19.7 Å². The zero-order valence-corrected chi connectivity index (χ0v) is 12.6. The van der Waals surface area contributed by atoms with Gasteiger partial charge in [-0.15, -0.1) is 0 Å². The molecule has 0 spiro atoms. The summed E-state index contributed by atoms with van der Waals surface area (Å²) in [6, 6.07) is 7.61. The van der Waals surface area contributed by atoms with E-state index in [1.807, 2.05) is 0 Å². The van der Waals surface area contributed by atoms with Crippen LogP contribution in [0.3, 0.4) is 0 Å². The average Bonchev–Trinajstić information content (AvgIpc) is 2.47. The molecule has 0 bridgehead atoms.